The van der Waals surface area contributed by atoms with Gasteiger partial charge in [-0.1, -0.05) is 0 Å². The van der Waals surface area contributed by atoms with E-state index in [0.29, 0.717) is 11.4 Å². The summed E-state index contributed by atoms with van der Waals surface area (Å²) in [6.07, 6.45) is 9.40. The molecule has 0 spiro atoms. The number of hydrogen-bond acceptors (Lipinski definition) is 8. The van der Waals surface area contributed by atoms with Gasteiger partial charge in [-0.25, -0.2) is 9.80 Å². The largest absolute Gasteiger partial charge is 0.274 e. The second-order valence-electron chi connectivity index (χ2n) is 7.53. The maximum absolute atomic E-state index is 11.5. The van der Waals surface area contributed by atoms with Crippen LogP contribution in [0.25, 0.3) is 0 Å². The SMILES string of the molecule is O=C1C=CC(=O)N1CCN1C(=O)C=CC1=O.O=C1C=CC(=O)N1c1ccc(N2C(=O)C=CC2=O)cc1. The van der Waals surface area contributed by atoms with E-state index < -0.39 is 47.3 Å². The lowest BCUT2D eigenvalue weighted by molar-refractivity contribution is -0.142. The molecule has 180 valence electrons. The maximum Gasteiger partial charge on any atom is 0.258 e. The molecule has 12 nitrogen and oxygen atoms in total. The Labute approximate surface area is 203 Å². The van der Waals surface area contributed by atoms with Gasteiger partial charge in [0.05, 0.1) is 11.4 Å². The summed E-state index contributed by atoms with van der Waals surface area (Å²) in [4.78, 5) is 94.7. The molecule has 4 aliphatic rings. The van der Waals surface area contributed by atoms with Gasteiger partial charge in [0, 0.05) is 61.7 Å². The average molecular weight is 488 g/mol. The van der Waals surface area contributed by atoms with Gasteiger partial charge in [0.15, 0.2) is 0 Å². The molecular formula is C24H16N4O8. The second-order valence-corrected chi connectivity index (χ2v) is 7.53. The second kappa shape index (κ2) is 9.54. The number of rotatable bonds is 5. The summed E-state index contributed by atoms with van der Waals surface area (Å²) >= 11 is 0. The molecule has 0 bridgehead atoms. The van der Waals surface area contributed by atoms with Gasteiger partial charge in [0.25, 0.3) is 47.3 Å². The molecule has 0 saturated heterocycles. The maximum atomic E-state index is 11.5. The molecule has 1 aromatic carbocycles. The van der Waals surface area contributed by atoms with Crippen LogP contribution in [-0.2, 0) is 38.4 Å². The van der Waals surface area contributed by atoms with E-state index in [1.54, 1.807) is 0 Å². The Kier molecular flexibility index (Phi) is 6.33. The first-order valence-corrected chi connectivity index (χ1v) is 10.5. The first kappa shape index (κ1) is 23.9. The molecule has 0 aliphatic carbocycles. The molecule has 36 heavy (non-hydrogen) atoms. The normalized spacial score (nSPS) is 18.6. The van der Waals surface area contributed by atoms with Crippen LogP contribution in [0.3, 0.4) is 0 Å². The van der Waals surface area contributed by atoms with Gasteiger partial charge in [-0.2, -0.15) is 0 Å². The molecule has 0 unspecified atom stereocenters. The fourth-order valence-corrected chi connectivity index (χ4v) is 3.56. The summed E-state index contributed by atoms with van der Waals surface area (Å²) in [6.45, 7) is 0.0631. The number of carbonyl (C=O) groups excluding carboxylic acids is 8. The molecular weight excluding hydrogens is 472 g/mol. The van der Waals surface area contributed by atoms with Crippen LogP contribution in [0.5, 0.6) is 0 Å². The van der Waals surface area contributed by atoms with Crippen LogP contribution in [0.2, 0.25) is 0 Å². The monoisotopic (exact) mass is 488 g/mol. The van der Waals surface area contributed by atoms with E-state index in [4.69, 9.17) is 0 Å². The fraction of sp³-hybridized carbons (Fsp3) is 0.0833. The Morgan fingerprint density at radius 1 is 0.361 bits per heavy atom. The lowest BCUT2D eigenvalue weighted by Crippen LogP contribution is -2.40. The van der Waals surface area contributed by atoms with E-state index in [0.717, 1.165) is 43.9 Å². The highest BCUT2D eigenvalue weighted by Gasteiger charge is 2.29. The van der Waals surface area contributed by atoms with Crippen LogP contribution in [0.1, 0.15) is 0 Å². The highest BCUT2D eigenvalue weighted by molar-refractivity contribution is 6.29. The van der Waals surface area contributed by atoms with Crippen molar-refractivity contribution in [1.29, 1.82) is 0 Å². The minimum atomic E-state index is -0.419. The van der Waals surface area contributed by atoms with Crippen molar-refractivity contribution in [3.05, 3.63) is 72.9 Å². The Balaban J connectivity index is 0.000000174. The van der Waals surface area contributed by atoms with Gasteiger partial charge in [-0.15, -0.1) is 0 Å². The summed E-state index contributed by atoms with van der Waals surface area (Å²) < 4.78 is 0. The van der Waals surface area contributed by atoms with Gasteiger partial charge >= 0.3 is 0 Å². The quantitative estimate of drug-likeness (QED) is 0.498. The summed E-state index contributed by atoms with van der Waals surface area (Å²) in [5, 5.41) is 0. The number of benzene rings is 1. The van der Waals surface area contributed by atoms with E-state index >= 15 is 0 Å². The van der Waals surface area contributed by atoms with Crippen molar-refractivity contribution >= 4 is 58.6 Å². The van der Waals surface area contributed by atoms with E-state index in [1.165, 1.54) is 48.6 Å². The predicted octanol–water partition coefficient (Wildman–Crippen LogP) is -0.618. The lowest BCUT2D eigenvalue weighted by atomic mass is 10.2. The lowest BCUT2D eigenvalue weighted by Gasteiger charge is -2.18. The van der Waals surface area contributed by atoms with E-state index in [-0.39, 0.29) is 13.1 Å². The van der Waals surface area contributed by atoms with Crippen molar-refractivity contribution in [3.8, 4) is 0 Å². The number of anilines is 2. The molecule has 0 atom stereocenters. The number of nitrogens with zero attached hydrogens (tertiary/aromatic N) is 4. The van der Waals surface area contributed by atoms with E-state index in [9.17, 15) is 38.4 Å². The van der Waals surface area contributed by atoms with Gasteiger partial charge in [-0.05, 0) is 24.3 Å². The van der Waals surface area contributed by atoms with Crippen LogP contribution in [0.4, 0.5) is 11.4 Å². The molecule has 4 aliphatic heterocycles. The third-order valence-corrected chi connectivity index (χ3v) is 5.33. The molecule has 1 aromatic rings. The van der Waals surface area contributed by atoms with Gasteiger partial charge in [-0.3, -0.25) is 48.2 Å². The standard InChI is InChI=1S/C14H8N2O4.C10H8N2O4/c17-11-5-6-12(18)15(11)9-1-2-10(4-3-9)16-13(19)7-8-14(16)20;13-7-1-2-8(14)11(7)5-6-12-9(15)3-4-10(12)16/h1-8H;1-4H,5-6H2. The van der Waals surface area contributed by atoms with E-state index in [2.05, 4.69) is 0 Å². The topological polar surface area (TPSA) is 150 Å². The van der Waals surface area contributed by atoms with Crippen molar-refractivity contribution in [1.82, 2.24) is 9.80 Å². The van der Waals surface area contributed by atoms with Gasteiger partial charge in [0.1, 0.15) is 0 Å². The zero-order valence-corrected chi connectivity index (χ0v) is 18.4. The van der Waals surface area contributed by atoms with Crippen molar-refractivity contribution in [3.63, 3.8) is 0 Å². The third kappa shape index (κ3) is 4.55. The first-order chi connectivity index (χ1) is 17.2. The molecule has 0 radical (unpaired) electrons. The van der Waals surface area contributed by atoms with Crippen LogP contribution in [0, 0.1) is 0 Å². The highest BCUT2D eigenvalue weighted by atomic mass is 16.2. The fourth-order valence-electron chi connectivity index (χ4n) is 3.56. The molecule has 0 fully saturated rings. The summed E-state index contributed by atoms with van der Waals surface area (Å²) in [5.74, 6) is -3.35. The van der Waals surface area contributed by atoms with Crippen LogP contribution in [0.15, 0.2) is 72.9 Å². The number of carbonyl (C=O) groups is 8. The van der Waals surface area contributed by atoms with Crippen molar-refractivity contribution in [2.45, 2.75) is 0 Å². The molecule has 5 rings (SSSR count). The van der Waals surface area contributed by atoms with Crippen molar-refractivity contribution in [2.24, 2.45) is 0 Å². The highest BCUT2D eigenvalue weighted by Crippen LogP contribution is 2.25. The minimum Gasteiger partial charge on any atom is -0.274 e. The van der Waals surface area contributed by atoms with Crippen LogP contribution in [-0.4, -0.2) is 70.1 Å². The summed E-state index contributed by atoms with van der Waals surface area (Å²) in [7, 11) is 0. The number of imide groups is 4. The Bertz CT molecular complexity index is 1180. The van der Waals surface area contributed by atoms with Crippen molar-refractivity contribution < 1.29 is 38.4 Å². The van der Waals surface area contributed by atoms with Crippen LogP contribution < -0.4 is 9.80 Å². The first-order valence-electron chi connectivity index (χ1n) is 10.5. The molecule has 12 heteroatoms. The Hall–Kier alpha value is -5.26. The van der Waals surface area contributed by atoms with Crippen LogP contribution >= 0.6 is 0 Å². The Morgan fingerprint density at radius 2 is 0.583 bits per heavy atom. The zero-order chi connectivity index (χ0) is 26.0. The average Bonchev–Trinajstić information content (AvgIpc) is 3.57. The zero-order valence-electron chi connectivity index (χ0n) is 18.4. The predicted molar refractivity (Wildman–Crippen MR) is 121 cm³/mol. The van der Waals surface area contributed by atoms with Crippen molar-refractivity contribution in [2.75, 3.05) is 22.9 Å². The number of amides is 8. The molecule has 0 saturated carbocycles. The van der Waals surface area contributed by atoms with Gasteiger partial charge in [0.2, 0.25) is 0 Å². The Morgan fingerprint density at radius 3 is 0.833 bits per heavy atom. The molecule has 4 heterocycles. The third-order valence-electron chi connectivity index (χ3n) is 5.33. The van der Waals surface area contributed by atoms with E-state index in [1.807, 2.05) is 0 Å². The van der Waals surface area contributed by atoms with Gasteiger partial charge < -0.3 is 0 Å². The summed E-state index contributed by atoms with van der Waals surface area (Å²) in [6, 6.07) is 6.04. The minimum absolute atomic E-state index is 0.0316. The summed E-state index contributed by atoms with van der Waals surface area (Å²) in [5.41, 5.74) is 0.779. The molecule has 0 aromatic heterocycles. The molecule has 8 amide bonds. The number of hydrogen-bond donors (Lipinski definition) is 0. The molecule has 0 N–H and O–H groups in total. The smallest absolute Gasteiger partial charge is 0.258 e.